The topological polar surface area (TPSA) is 59.1 Å². The number of sulfonamides is 1. The van der Waals surface area contributed by atoms with Gasteiger partial charge < -0.3 is 0 Å². The molecule has 1 N–H and O–H groups in total. The lowest BCUT2D eigenvalue weighted by Gasteiger charge is -2.13. The number of benzene rings is 1. The van der Waals surface area contributed by atoms with Crippen LogP contribution in [0.2, 0.25) is 0 Å². The van der Waals surface area contributed by atoms with Crippen molar-refractivity contribution in [2.45, 2.75) is 24.8 Å². The first-order valence-corrected chi connectivity index (χ1v) is 7.84. The van der Waals surface area contributed by atoms with E-state index in [0.717, 1.165) is 10.6 Å². The lowest BCUT2D eigenvalue weighted by Crippen LogP contribution is -2.27. The Kier molecular flexibility index (Phi) is 3.79. The standard InChI is InChI=1S/C12H14N2O2S2/c1-9-5-3-4-6-11(9)18(15,16)14-10(2)12-13-7-8-17-12/h3-8,10,14H,1-2H3. The van der Waals surface area contributed by atoms with E-state index >= 15 is 0 Å². The third-order valence-electron chi connectivity index (χ3n) is 2.54. The minimum absolute atomic E-state index is 0.313. The summed E-state index contributed by atoms with van der Waals surface area (Å²) in [6.07, 6.45) is 1.67. The summed E-state index contributed by atoms with van der Waals surface area (Å²) in [5.74, 6) is 0. The Balaban J connectivity index is 2.26. The number of hydrogen-bond acceptors (Lipinski definition) is 4. The average Bonchev–Trinajstić information content (AvgIpc) is 2.82. The van der Waals surface area contributed by atoms with E-state index in [9.17, 15) is 8.42 Å². The van der Waals surface area contributed by atoms with E-state index in [1.54, 1.807) is 38.2 Å². The fourth-order valence-electron chi connectivity index (χ4n) is 1.65. The SMILES string of the molecule is Cc1ccccc1S(=O)(=O)NC(C)c1nccs1. The van der Waals surface area contributed by atoms with E-state index < -0.39 is 10.0 Å². The Morgan fingerprint density at radius 1 is 1.33 bits per heavy atom. The van der Waals surface area contributed by atoms with E-state index in [1.807, 2.05) is 11.4 Å². The van der Waals surface area contributed by atoms with Gasteiger partial charge in [-0.25, -0.2) is 18.1 Å². The molecule has 2 rings (SSSR count). The zero-order valence-electron chi connectivity index (χ0n) is 10.1. The molecule has 0 radical (unpaired) electrons. The number of nitrogens with one attached hydrogen (secondary N) is 1. The minimum atomic E-state index is -3.50. The minimum Gasteiger partial charge on any atom is -0.248 e. The molecule has 1 heterocycles. The maximum Gasteiger partial charge on any atom is 0.241 e. The first-order chi connectivity index (χ1) is 8.50. The number of nitrogens with zero attached hydrogens (tertiary/aromatic N) is 1. The molecule has 0 aliphatic rings. The number of aromatic nitrogens is 1. The summed E-state index contributed by atoms with van der Waals surface area (Å²) < 4.78 is 27.1. The Bertz CT molecular complexity index is 621. The van der Waals surface area contributed by atoms with Gasteiger partial charge >= 0.3 is 0 Å². The molecule has 1 aromatic carbocycles. The van der Waals surface area contributed by atoms with Crippen molar-refractivity contribution >= 4 is 21.4 Å². The highest BCUT2D eigenvalue weighted by atomic mass is 32.2. The third-order valence-corrected chi connectivity index (χ3v) is 5.20. The largest absolute Gasteiger partial charge is 0.248 e. The summed E-state index contributed by atoms with van der Waals surface area (Å²) in [7, 11) is -3.50. The molecule has 0 spiro atoms. The maximum absolute atomic E-state index is 12.2. The first-order valence-electron chi connectivity index (χ1n) is 5.48. The van der Waals surface area contributed by atoms with E-state index in [2.05, 4.69) is 9.71 Å². The molecule has 0 amide bonds. The van der Waals surface area contributed by atoms with Gasteiger partial charge in [-0.15, -0.1) is 11.3 Å². The summed E-state index contributed by atoms with van der Waals surface area (Å²) >= 11 is 1.43. The van der Waals surface area contributed by atoms with Crippen LogP contribution in [0.25, 0.3) is 0 Å². The van der Waals surface area contributed by atoms with Crippen LogP contribution in [-0.2, 0) is 10.0 Å². The van der Waals surface area contributed by atoms with Gasteiger partial charge in [-0.2, -0.15) is 0 Å². The van der Waals surface area contributed by atoms with Gasteiger partial charge in [0.15, 0.2) is 0 Å². The van der Waals surface area contributed by atoms with Crippen LogP contribution in [0.15, 0.2) is 40.7 Å². The molecular weight excluding hydrogens is 268 g/mol. The van der Waals surface area contributed by atoms with Gasteiger partial charge in [0.1, 0.15) is 5.01 Å². The van der Waals surface area contributed by atoms with Crippen molar-refractivity contribution in [3.63, 3.8) is 0 Å². The van der Waals surface area contributed by atoms with Crippen molar-refractivity contribution in [3.8, 4) is 0 Å². The summed E-state index contributed by atoms with van der Waals surface area (Å²) in [6.45, 7) is 3.57. The van der Waals surface area contributed by atoms with Crippen LogP contribution < -0.4 is 4.72 Å². The molecule has 0 aliphatic carbocycles. The molecule has 0 fully saturated rings. The second kappa shape index (κ2) is 5.17. The van der Waals surface area contributed by atoms with Gasteiger partial charge in [0.2, 0.25) is 10.0 Å². The second-order valence-corrected chi connectivity index (χ2v) is 6.59. The number of hydrogen-bond donors (Lipinski definition) is 1. The number of aryl methyl sites for hydroxylation is 1. The maximum atomic E-state index is 12.2. The molecule has 0 bridgehead atoms. The van der Waals surface area contributed by atoms with Gasteiger partial charge in [0, 0.05) is 11.6 Å². The molecule has 1 aromatic heterocycles. The van der Waals surface area contributed by atoms with Gasteiger partial charge in [-0.1, -0.05) is 18.2 Å². The van der Waals surface area contributed by atoms with Gasteiger partial charge in [0.25, 0.3) is 0 Å². The molecule has 18 heavy (non-hydrogen) atoms. The third kappa shape index (κ3) is 2.77. The quantitative estimate of drug-likeness (QED) is 0.937. The summed E-state index contributed by atoms with van der Waals surface area (Å²) in [4.78, 5) is 4.42. The van der Waals surface area contributed by atoms with Gasteiger partial charge in [-0.3, -0.25) is 0 Å². The Labute approximate surface area is 111 Å². The molecule has 96 valence electrons. The van der Waals surface area contributed by atoms with Crippen LogP contribution in [0, 0.1) is 6.92 Å². The average molecular weight is 282 g/mol. The van der Waals surface area contributed by atoms with Crippen LogP contribution in [0.4, 0.5) is 0 Å². The van der Waals surface area contributed by atoms with Crippen molar-refractivity contribution in [2.24, 2.45) is 0 Å². The Hall–Kier alpha value is -1.24. The molecule has 2 aromatic rings. The van der Waals surface area contributed by atoms with E-state index in [1.165, 1.54) is 11.3 Å². The molecule has 1 unspecified atom stereocenters. The second-order valence-electron chi connectivity index (χ2n) is 3.98. The van der Waals surface area contributed by atoms with E-state index in [0.29, 0.717) is 4.90 Å². The fraction of sp³-hybridized carbons (Fsp3) is 0.250. The number of rotatable bonds is 4. The van der Waals surface area contributed by atoms with Gasteiger partial charge in [-0.05, 0) is 25.5 Å². The highest BCUT2D eigenvalue weighted by Crippen LogP contribution is 2.20. The van der Waals surface area contributed by atoms with Crippen molar-refractivity contribution in [1.82, 2.24) is 9.71 Å². The summed E-state index contributed by atoms with van der Waals surface area (Å²) in [6, 6.07) is 6.60. The first kappa shape index (κ1) is 13.2. The zero-order chi connectivity index (χ0) is 13.2. The van der Waals surface area contributed by atoms with Crippen LogP contribution in [0.1, 0.15) is 23.5 Å². The van der Waals surface area contributed by atoms with E-state index in [4.69, 9.17) is 0 Å². The van der Waals surface area contributed by atoms with Gasteiger partial charge in [0.05, 0.1) is 10.9 Å². The smallest absolute Gasteiger partial charge is 0.241 e. The Morgan fingerprint density at radius 2 is 2.06 bits per heavy atom. The lowest BCUT2D eigenvalue weighted by atomic mass is 10.2. The highest BCUT2D eigenvalue weighted by Gasteiger charge is 2.20. The van der Waals surface area contributed by atoms with E-state index in [-0.39, 0.29) is 6.04 Å². The lowest BCUT2D eigenvalue weighted by molar-refractivity contribution is 0.565. The van der Waals surface area contributed by atoms with Crippen molar-refractivity contribution < 1.29 is 8.42 Å². The molecular formula is C12H14N2O2S2. The predicted octanol–water partition coefficient (Wildman–Crippen LogP) is 2.49. The van der Waals surface area contributed by atoms with Crippen LogP contribution in [-0.4, -0.2) is 13.4 Å². The molecule has 1 atom stereocenters. The number of thiazole rings is 1. The molecule has 0 aliphatic heterocycles. The van der Waals surface area contributed by atoms with Crippen LogP contribution in [0.3, 0.4) is 0 Å². The van der Waals surface area contributed by atoms with Crippen molar-refractivity contribution in [3.05, 3.63) is 46.4 Å². The summed E-state index contributed by atoms with van der Waals surface area (Å²) in [5, 5.41) is 2.58. The molecule has 0 saturated heterocycles. The highest BCUT2D eigenvalue weighted by molar-refractivity contribution is 7.89. The molecule has 4 nitrogen and oxygen atoms in total. The molecule has 0 saturated carbocycles. The van der Waals surface area contributed by atoms with Crippen molar-refractivity contribution in [2.75, 3.05) is 0 Å². The summed E-state index contributed by atoms with van der Waals surface area (Å²) in [5.41, 5.74) is 0.733. The van der Waals surface area contributed by atoms with Crippen LogP contribution in [0.5, 0.6) is 0 Å². The monoisotopic (exact) mass is 282 g/mol. The zero-order valence-corrected chi connectivity index (χ0v) is 11.8. The predicted molar refractivity (Wildman–Crippen MR) is 72.0 cm³/mol. The Morgan fingerprint density at radius 3 is 2.67 bits per heavy atom. The van der Waals surface area contributed by atoms with Crippen molar-refractivity contribution in [1.29, 1.82) is 0 Å². The van der Waals surface area contributed by atoms with Crippen LogP contribution >= 0.6 is 11.3 Å². The normalized spacial score (nSPS) is 13.4. The fourth-order valence-corrected chi connectivity index (χ4v) is 3.83. The molecule has 6 heteroatoms.